The van der Waals surface area contributed by atoms with Crippen molar-refractivity contribution >= 4 is 12.0 Å². The van der Waals surface area contributed by atoms with Crippen LogP contribution in [0.25, 0.3) is 6.08 Å². The molecule has 0 bridgehead atoms. The molecule has 0 aromatic heterocycles. The summed E-state index contributed by atoms with van der Waals surface area (Å²) in [7, 11) is 0. The van der Waals surface area contributed by atoms with Crippen molar-refractivity contribution in [1.29, 1.82) is 0 Å². The Morgan fingerprint density at radius 1 is 0.793 bits per heavy atom. The third-order valence-corrected chi connectivity index (χ3v) is 3.92. The van der Waals surface area contributed by atoms with Crippen LogP contribution in [-0.2, 0) is 9.53 Å². The van der Waals surface area contributed by atoms with Crippen LogP contribution in [-0.4, -0.2) is 25.3 Å². The van der Waals surface area contributed by atoms with E-state index in [1.54, 1.807) is 18.2 Å². The number of benzene rings is 3. The molecule has 0 atom stereocenters. The highest BCUT2D eigenvalue weighted by molar-refractivity contribution is 5.87. The van der Waals surface area contributed by atoms with E-state index in [0.717, 1.165) is 0 Å². The minimum atomic E-state index is -0.610. The van der Waals surface area contributed by atoms with Crippen LogP contribution in [0.5, 0.6) is 11.5 Å². The monoisotopic (exact) mass is 392 g/mol. The lowest BCUT2D eigenvalue weighted by Gasteiger charge is -2.18. The number of carbonyl (C=O) groups is 1. The molecule has 3 aromatic carbocycles. The van der Waals surface area contributed by atoms with Gasteiger partial charge in [-0.05, 0) is 48.0 Å². The Balaban J connectivity index is 1.59. The first-order chi connectivity index (χ1) is 14.2. The van der Waals surface area contributed by atoms with Gasteiger partial charge in [-0.2, -0.15) is 0 Å². The molecule has 0 radical (unpaired) electrons. The van der Waals surface area contributed by atoms with Crippen LogP contribution in [0.15, 0.2) is 91.0 Å². The van der Waals surface area contributed by atoms with Gasteiger partial charge >= 0.3 is 5.97 Å². The molecule has 0 aliphatic rings. The van der Waals surface area contributed by atoms with Crippen molar-refractivity contribution in [3.63, 3.8) is 0 Å². The van der Waals surface area contributed by atoms with Gasteiger partial charge in [0, 0.05) is 6.08 Å². The van der Waals surface area contributed by atoms with Crippen molar-refractivity contribution in [3.05, 3.63) is 102 Å². The molecule has 0 aliphatic heterocycles. The molecule has 4 nitrogen and oxygen atoms in total. The maximum atomic E-state index is 13.0. The van der Waals surface area contributed by atoms with Crippen LogP contribution in [0.3, 0.4) is 0 Å². The molecule has 0 amide bonds. The molecule has 0 unspecified atom stereocenters. The minimum absolute atomic E-state index is 0.146. The average Bonchev–Trinajstić information content (AvgIpc) is 2.76. The summed E-state index contributed by atoms with van der Waals surface area (Å²) in [6.07, 6.45) is 2.25. The standard InChI is InChI=1S/C24H21FO4/c25-20-14-11-19(12-15-20)13-16-24(26)29-23(17-27-21-7-3-1-4-8-21)18-28-22-9-5-2-6-10-22/h1-16,23H,17-18H2/b16-13+. The number of hydrogen-bond acceptors (Lipinski definition) is 4. The van der Waals surface area contributed by atoms with Gasteiger partial charge in [0.25, 0.3) is 0 Å². The van der Waals surface area contributed by atoms with Gasteiger partial charge in [-0.15, -0.1) is 0 Å². The SMILES string of the molecule is O=C(/C=C/c1ccc(F)cc1)OC(COc1ccccc1)COc1ccccc1. The lowest BCUT2D eigenvalue weighted by atomic mass is 10.2. The maximum Gasteiger partial charge on any atom is 0.331 e. The summed E-state index contributed by atoms with van der Waals surface area (Å²) in [5.74, 6) is 0.485. The van der Waals surface area contributed by atoms with E-state index in [-0.39, 0.29) is 19.0 Å². The summed E-state index contributed by atoms with van der Waals surface area (Å²) in [6.45, 7) is 0.292. The zero-order valence-corrected chi connectivity index (χ0v) is 15.7. The summed E-state index contributed by atoms with van der Waals surface area (Å²) >= 11 is 0. The van der Waals surface area contributed by atoms with Crippen LogP contribution in [0.2, 0.25) is 0 Å². The number of ether oxygens (including phenoxy) is 3. The summed E-state index contributed by atoms with van der Waals surface area (Å²) in [6, 6.07) is 24.3. The first-order valence-corrected chi connectivity index (χ1v) is 9.19. The normalized spacial score (nSPS) is 10.8. The first kappa shape index (κ1) is 20.1. The van der Waals surface area contributed by atoms with E-state index >= 15 is 0 Å². The van der Waals surface area contributed by atoms with E-state index in [0.29, 0.717) is 17.1 Å². The van der Waals surface area contributed by atoms with E-state index in [9.17, 15) is 9.18 Å². The number of hydrogen-bond donors (Lipinski definition) is 0. The molecule has 3 rings (SSSR count). The Labute approximate surface area is 169 Å². The van der Waals surface area contributed by atoms with E-state index < -0.39 is 12.1 Å². The van der Waals surface area contributed by atoms with Crippen molar-refractivity contribution in [3.8, 4) is 11.5 Å². The quantitative estimate of drug-likeness (QED) is 0.383. The summed E-state index contributed by atoms with van der Waals surface area (Å²) in [5.41, 5.74) is 0.695. The summed E-state index contributed by atoms with van der Waals surface area (Å²) in [5, 5.41) is 0. The number of para-hydroxylation sites is 2. The number of halogens is 1. The summed E-state index contributed by atoms with van der Waals surface area (Å²) in [4.78, 5) is 12.2. The molecule has 29 heavy (non-hydrogen) atoms. The lowest BCUT2D eigenvalue weighted by Crippen LogP contribution is -2.30. The van der Waals surface area contributed by atoms with Crippen molar-refractivity contribution < 1.29 is 23.4 Å². The number of rotatable bonds is 9. The molecule has 0 heterocycles. The number of esters is 1. The predicted octanol–water partition coefficient (Wildman–Crippen LogP) is 4.91. The highest BCUT2D eigenvalue weighted by Crippen LogP contribution is 2.13. The molecule has 148 valence electrons. The van der Waals surface area contributed by atoms with Crippen molar-refractivity contribution in [2.75, 3.05) is 13.2 Å². The molecule has 5 heteroatoms. The average molecular weight is 392 g/mol. The van der Waals surface area contributed by atoms with Gasteiger partial charge in [0.1, 0.15) is 30.5 Å². The Hall–Kier alpha value is -3.60. The minimum Gasteiger partial charge on any atom is -0.490 e. The van der Waals surface area contributed by atoms with Gasteiger partial charge in [0.15, 0.2) is 6.10 Å². The molecule has 3 aromatic rings. The first-order valence-electron chi connectivity index (χ1n) is 9.19. The smallest absolute Gasteiger partial charge is 0.331 e. The van der Waals surface area contributed by atoms with Crippen molar-refractivity contribution in [2.45, 2.75) is 6.10 Å². The van der Waals surface area contributed by atoms with Crippen LogP contribution in [0.1, 0.15) is 5.56 Å². The molecule has 0 saturated carbocycles. The zero-order valence-electron chi connectivity index (χ0n) is 15.7. The highest BCUT2D eigenvalue weighted by Gasteiger charge is 2.15. The molecular formula is C24H21FO4. The topological polar surface area (TPSA) is 44.8 Å². The Bertz CT molecular complexity index is 865. The van der Waals surface area contributed by atoms with Crippen LogP contribution in [0.4, 0.5) is 4.39 Å². The fourth-order valence-corrected chi connectivity index (χ4v) is 2.47. The van der Waals surface area contributed by atoms with E-state index in [2.05, 4.69) is 0 Å². The second-order valence-corrected chi connectivity index (χ2v) is 6.19. The van der Waals surface area contributed by atoms with Gasteiger partial charge in [0.05, 0.1) is 0 Å². The van der Waals surface area contributed by atoms with Crippen LogP contribution < -0.4 is 9.47 Å². The van der Waals surface area contributed by atoms with Crippen LogP contribution in [0, 0.1) is 5.82 Å². The molecule has 0 fully saturated rings. The Morgan fingerprint density at radius 2 is 1.31 bits per heavy atom. The predicted molar refractivity (Wildman–Crippen MR) is 109 cm³/mol. The highest BCUT2D eigenvalue weighted by atomic mass is 19.1. The zero-order chi connectivity index (χ0) is 20.3. The maximum absolute atomic E-state index is 13.0. The van der Waals surface area contributed by atoms with Gasteiger partial charge in [0.2, 0.25) is 0 Å². The molecule has 0 spiro atoms. The van der Waals surface area contributed by atoms with E-state index in [1.807, 2.05) is 60.7 Å². The fourth-order valence-electron chi connectivity index (χ4n) is 2.47. The Morgan fingerprint density at radius 3 is 1.83 bits per heavy atom. The molecule has 0 N–H and O–H groups in total. The number of carbonyl (C=O) groups excluding carboxylic acids is 1. The van der Waals surface area contributed by atoms with Gasteiger partial charge in [-0.25, -0.2) is 9.18 Å². The van der Waals surface area contributed by atoms with E-state index in [1.165, 1.54) is 18.2 Å². The third-order valence-electron chi connectivity index (χ3n) is 3.92. The van der Waals surface area contributed by atoms with Crippen molar-refractivity contribution in [2.24, 2.45) is 0 Å². The summed E-state index contributed by atoms with van der Waals surface area (Å²) < 4.78 is 29.9. The second-order valence-electron chi connectivity index (χ2n) is 6.19. The van der Waals surface area contributed by atoms with E-state index in [4.69, 9.17) is 14.2 Å². The molecule has 0 aliphatic carbocycles. The molecule has 0 saturated heterocycles. The largest absolute Gasteiger partial charge is 0.490 e. The van der Waals surface area contributed by atoms with Gasteiger partial charge in [-0.1, -0.05) is 48.5 Å². The third kappa shape index (κ3) is 7.14. The van der Waals surface area contributed by atoms with Crippen molar-refractivity contribution in [1.82, 2.24) is 0 Å². The van der Waals surface area contributed by atoms with Gasteiger partial charge in [-0.3, -0.25) is 0 Å². The van der Waals surface area contributed by atoms with Crippen LogP contribution >= 0.6 is 0 Å². The fraction of sp³-hybridized carbons (Fsp3) is 0.125. The lowest BCUT2D eigenvalue weighted by molar-refractivity contribution is -0.146. The molecular weight excluding hydrogens is 371 g/mol. The second kappa shape index (κ2) is 10.7. The van der Waals surface area contributed by atoms with Gasteiger partial charge < -0.3 is 14.2 Å². The Kier molecular flexibility index (Phi) is 7.41.